The van der Waals surface area contributed by atoms with Crippen LogP contribution in [-0.4, -0.2) is 39.4 Å². The first kappa shape index (κ1) is 20.2. The predicted molar refractivity (Wildman–Crippen MR) is 101 cm³/mol. The number of nitrogens with zero attached hydrogens (tertiary/aromatic N) is 1. The molecule has 0 unspecified atom stereocenters. The Morgan fingerprint density at radius 3 is 2.46 bits per heavy atom. The Balaban J connectivity index is 2.04. The Morgan fingerprint density at radius 1 is 1.23 bits per heavy atom. The highest BCUT2D eigenvalue weighted by molar-refractivity contribution is 7.89. The average Bonchev–Trinajstić information content (AvgIpc) is 2.60. The third kappa shape index (κ3) is 5.20. The molecular formula is C18H21ClN2O4S. The molecule has 0 aliphatic heterocycles. The molecule has 0 aliphatic carbocycles. The highest BCUT2D eigenvalue weighted by atomic mass is 35.5. The summed E-state index contributed by atoms with van der Waals surface area (Å²) in [5.74, 6) is 0.205. The number of likely N-dealkylation sites (N-methyl/N-ethyl adjacent to an activating group) is 1. The van der Waals surface area contributed by atoms with Crippen LogP contribution in [0.1, 0.15) is 12.5 Å². The lowest BCUT2D eigenvalue weighted by Gasteiger charge is -2.22. The fourth-order valence-electron chi connectivity index (χ4n) is 2.42. The van der Waals surface area contributed by atoms with Crippen molar-refractivity contribution in [3.8, 4) is 5.75 Å². The molecular weight excluding hydrogens is 376 g/mol. The topological polar surface area (TPSA) is 75.7 Å². The molecule has 26 heavy (non-hydrogen) atoms. The van der Waals surface area contributed by atoms with Crippen LogP contribution < -0.4 is 9.46 Å². The Kier molecular flexibility index (Phi) is 6.63. The summed E-state index contributed by atoms with van der Waals surface area (Å²) in [6.07, 6.45) is 0. The lowest BCUT2D eigenvalue weighted by atomic mass is 10.2. The molecule has 2 rings (SSSR count). The van der Waals surface area contributed by atoms with E-state index in [9.17, 15) is 13.2 Å². The SMILES string of the molecule is COc1ccc(S(=O)(=O)N[C@@H](C)C(=O)N(C)Cc2cccc(Cl)c2)cc1. The summed E-state index contributed by atoms with van der Waals surface area (Å²) >= 11 is 5.94. The molecule has 2 aromatic carbocycles. The molecule has 6 nitrogen and oxygen atoms in total. The molecule has 2 aromatic rings. The molecule has 0 fully saturated rings. The second-order valence-electron chi connectivity index (χ2n) is 5.84. The monoisotopic (exact) mass is 396 g/mol. The second kappa shape index (κ2) is 8.53. The highest BCUT2D eigenvalue weighted by Gasteiger charge is 2.24. The number of nitrogens with one attached hydrogen (secondary N) is 1. The number of sulfonamides is 1. The van der Waals surface area contributed by atoms with Crippen LogP contribution in [0.25, 0.3) is 0 Å². The van der Waals surface area contributed by atoms with E-state index in [1.807, 2.05) is 6.07 Å². The van der Waals surface area contributed by atoms with Crippen LogP contribution in [0.5, 0.6) is 5.75 Å². The van der Waals surface area contributed by atoms with E-state index >= 15 is 0 Å². The minimum absolute atomic E-state index is 0.0652. The first-order chi connectivity index (χ1) is 12.2. The van der Waals surface area contributed by atoms with Crippen molar-refractivity contribution in [1.82, 2.24) is 9.62 Å². The first-order valence-electron chi connectivity index (χ1n) is 7.89. The zero-order chi connectivity index (χ0) is 19.3. The maximum absolute atomic E-state index is 12.5. The summed E-state index contributed by atoms with van der Waals surface area (Å²) in [5, 5.41) is 0.580. The molecule has 0 radical (unpaired) electrons. The average molecular weight is 397 g/mol. The van der Waals surface area contributed by atoms with Crippen LogP contribution in [0.3, 0.4) is 0 Å². The Bertz CT molecular complexity index is 869. The molecule has 0 heterocycles. The molecule has 140 valence electrons. The lowest BCUT2D eigenvalue weighted by molar-refractivity contribution is -0.131. The predicted octanol–water partition coefficient (Wildman–Crippen LogP) is 2.67. The van der Waals surface area contributed by atoms with E-state index < -0.39 is 16.1 Å². The van der Waals surface area contributed by atoms with E-state index in [0.717, 1.165) is 5.56 Å². The fraction of sp³-hybridized carbons (Fsp3) is 0.278. The fourth-order valence-corrected chi connectivity index (χ4v) is 3.83. The van der Waals surface area contributed by atoms with E-state index in [-0.39, 0.29) is 10.8 Å². The molecule has 1 amide bonds. The zero-order valence-corrected chi connectivity index (χ0v) is 16.3. The van der Waals surface area contributed by atoms with E-state index in [1.165, 1.54) is 31.1 Å². The van der Waals surface area contributed by atoms with Gasteiger partial charge < -0.3 is 9.64 Å². The van der Waals surface area contributed by atoms with Crippen molar-refractivity contribution in [2.75, 3.05) is 14.2 Å². The number of amides is 1. The van der Waals surface area contributed by atoms with E-state index in [1.54, 1.807) is 37.4 Å². The van der Waals surface area contributed by atoms with Crippen LogP contribution in [-0.2, 0) is 21.4 Å². The number of ether oxygens (including phenoxy) is 1. The van der Waals surface area contributed by atoms with Crippen LogP contribution in [0.15, 0.2) is 53.4 Å². The largest absolute Gasteiger partial charge is 0.497 e. The van der Waals surface area contributed by atoms with Crippen molar-refractivity contribution in [2.45, 2.75) is 24.4 Å². The Hall–Kier alpha value is -2.09. The summed E-state index contributed by atoms with van der Waals surface area (Å²) in [5.41, 5.74) is 0.860. The molecule has 1 N–H and O–H groups in total. The number of rotatable bonds is 7. The highest BCUT2D eigenvalue weighted by Crippen LogP contribution is 2.16. The standard InChI is InChI=1S/C18H21ClN2O4S/c1-13(18(22)21(2)12-14-5-4-6-15(19)11-14)20-26(23,24)17-9-7-16(25-3)8-10-17/h4-11,13,20H,12H2,1-3H3/t13-/m0/s1. The van der Waals surface area contributed by atoms with Crippen molar-refractivity contribution in [3.05, 3.63) is 59.1 Å². The van der Waals surface area contributed by atoms with Gasteiger partial charge in [0, 0.05) is 18.6 Å². The van der Waals surface area contributed by atoms with Crippen LogP contribution in [0, 0.1) is 0 Å². The number of carbonyl (C=O) groups excluding carboxylic acids is 1. The minimum atomic E-state index is -3.82. The van der Waals surface area contributed by atoms with Crippen molar-refractivity contribution in [3.63, 3.8) is 0 Å². The summed E-state index contributed by atoms with van der Waals surface area (Å²) in [7, 11) is -0.706. The molecule has 0 saturated carbocycles. The van der Waals surface area contributed by atoms with Crippen LogP contribution >= 0.6 is 11.6 Å². The number of halogens is 1. The zero-order valence-electron chi connectivity index (χ0n) is 14.8. The van der Waals surface area contributed by atoms with Gasteiger partial charge in [-0.25, -0.2) is 8.42 Å². The minimum Gasteiger partial charge on any atom is -0.497 e. The second-order valence-corrected chi connectivity index (χ2v) is 7.99. The van der Waals surface area contributed by atoms with Gasteiger partial charge in [-0.15, -0.1) is 0 Å². The molecule has 0 aliphatic rings. The van der Waals surface area contributed by atoms with Gasteiger partial charge >= 0.3 is 0 Å². The normalized spacial score (nSPS) is 12.5. The van der Waals surface area contributed by atoms with Gasteiger partial charge in [0.05, 0.1) is 18.0 Å². The number of methoxy groups -OCH3 is 1. The van der Waals surface area contributed by atoms with Gasteiger partial charge in [-0.2, -0.15) is 4.72 Å². The van der Waals surface area contributed by atoms with Gasteiger partial charge in [-0.3, -0.25) is 4.79 Å². The summed E-state index contributed by atoms with van der Waals surface area (Å²) in [6, 6.07) is 12.2. The third-order valence-electron chi connectivity index (χ3n) is 3.76. The molecule has 0 saturated heterocycles. The first-order valence-corrected chi connectivity index (χ1v) is 9.75. The molecule has 8 heteroatoms. The lowest BCUT2D eigenvalue weighted by Crippen LogP contribution is -2.45. The molecule has 1 atom stereocenters. The Labute approximate surface area is 158 Å². The number of hydrogen-bond acceptors (Lipinski definition) is 4. The summed E-state index contributed by atoms with van der Waals surface area (Å²) in [6.45, 7) is 1.84. The maximum Gasteiger partial charge on any atom is 0.241 e. The smallest absolute Gasteiger partial charge is 0.241 e. The van der Waals surface area contributed by atoms with Crippen molar-refractivity contribution in [1.29, 1.82) is 0 Å². The van der Waals surface area contributed by atoms with Crippen LogP contribution in [0.2, 0.25) is 5.02 Å². The molecule has 0 spiro atoms. The van der Waals surface area contributed by atoms with Gasteiger partial charge in [0.15, 0.2) is 0 Å². The van der Waals surface area contributed by atoms with Crippen molar-refractivity contribution >= 4 is 27.5 Å². The molecule has 0 aromatic heterocycles. The van der Waals surface area contributed by atoms with Gasteiger partial charge in [0.25, 0.3) is 0 Å². The van der Waals surface area contributed by atoms with Gasteiger partial charge in [0.2, 0.25) is 15.9 Å². The van der Waals surface area contributed by atoms with E-state index in [0.29, 0.717) is 17.3 Å². The van der Waals surface area contributed by atoms with Gasteiger partial charge in [0.1, 0.15) is 5.75 Å². The quantitative estimate of drug-likeness (QED) is 0.780. The number of hydrogen-bond donors (Lipinski definition) is 1. The number of carbonyl (C=O) groups is 1. The van der Waals surface area contributed by atoms with E-state index in [2.05, 4.69) is 4.72 Å². The van der Waals surface area contributed by atoms with Crippen molar-refractivity contribution in [2.24, 2.45) is 0 Å². The number of benzene rings is 2. The van der Waals surface area contributed by atoms with Gasteiger partial charge in [-0.05, 0) is 48.9 Å². The Morgan fingerprint density at radius 2 is 1.88 bits per heavy atom. The van der Waals surface area contributed by atoms with Crippen molar-refractivity contribution < 1.29 is 17.9 Å². The van der Waals surface area contributed by atoms with Gasteiger partial charge in [-0.1, -0.05) is 23.7 Å². The third-order valence-corrected chi connectivity index (χ3v) is 5.55. The van der Waals surface area contributed by atoms with Crippen LogP contribution in [0.4, 0.5) is 0 Å². The maximum atomic E-state index is 12.5. The van der Waals surface area contributed by atoms with E-state index in [4.69, 9.17) is 16.3 Å². The summed E-state index contributed by atoms with van der Waals surface area (Å²) < 4.78 is 32.3. The molecule has 0 bridgehead atoms. The summed E-state index contributed by atoms with van der Waals surface area (Å²) in [4.78, 5) is 14.0.